The summed E-state index contributed by atoms with van der Waals surface area (Å²) in [6, 6.07) is 0. The van der Waals surface area contributed by atoms with Crippen molar-refractivity contribution in [2.75, 3.05) is 0 Å². The zero-order chi connectivity index (χ0) is 9.97. The maximum Gasteiger partial charge on any atom is 0.216 e. The molecule has 7 heteroatoms. The molecule has 0 spiro atoms. The molecule has 0 radical (unpaired) electrons. The van der Waals surface area contributed by atoms with E-state index in [0.29, 0.717) is 10.3 Å². The second kappa shape index (κ2) is 4.05. The van der Waals surface area contributed by atoms with Crippen LogP contribution < -0.4 is 0 Å². The van der Waals surface area contributed by atoms with Crippen LogP contribution >= 0.6 is 27.7 Å². The zero-order valence-electron chi connectivity index (χ0n) is 7.23. The Morgan fingerprint density at radius 3 is 2.57 bits per heavy atom. The summed E-state index contributed by atoms with van der Waals surface area (Å²) >= 11 is 4.58. The zero-order valence-corrected chi connectivity index (χ0v) is 9.63. The molecular weight excluding hydrogens is 266 g/mol. The van der Waals surface area contributed by atoms with Crippen LogP contribution in [0.4, 0.5) is 0 Å². The van der Waals surface area contributed by atoms with E-state index in [1.807, 2.05) is 6.92 Å². The number of H-pyrrole nitrogens is 1. The predicted molar refractivity (Wildman–Crippen MR) is 55.0 cm³/mol. The smallest absolute Gasteiger partial charge is 0.216 e. The maximum atomic E-state index is 4.13. The molecule has 0 aliphatic rings. The van der Waals surface area contributed by atoms with Crippen LogP contribution in [-0.4, -0.2) is 25.1 Å². The molecule has 2 aromatic heterocycles. The minimum Gasteiger partial charge on any atom is -0.262 e. The second-order valence-electron chi connectivity index (χ2n) is 2.49. The van der Waals surface area contributed by atoms with Crippen molar-refractivity contribution in [3.63, 3.8) is 0 Å². The van der Waals surface area contributed by atoms with E-state index in [4.69, 9.17) is 0 Å². The van der Waals surface area contributed by atoms with Gasteiger partial charge in [-0.1, -0.05) is 0 Å². The molecule has 72 valence electrons. The Labute approximate surface area is 92.9 Å². The summed E-state index contributed by atoms with van der Waals surface area (Å²) in [7, 11) is 0. The lowest BCUT2D eigenvalue weighted by molar-refractivity contribution is 0.928. The first-order chi connectivity index (χ1) is 6.74. The number of aromatic nitrogens is 5. The molecule has 0 amide bonds. The van der Waals surface area contributed by atoms with Gasteiger partial charge in [0.1, 0.15) is 5.82 Å². The van der Waals surface area contributed by atoms with E-state index >= 15 is 0 Å². The lowest BCUT2D eigenvalue weighted by atomic mass is 10.7. The highest BCUT2D eigenvalue weighted by molar-refractivity contribution is 9.10. The molecule has 2 rings (SSSR count). The molecule has 0 aliphatic heterocycles. The molecule has 0 atom stereocenters. The SMILES string of the molecule is Cc1nc(Sc2ncc(Br)cn2)n[nH]1. The highest BCUT2D eigenvalue weighted by Crippen LogP contribution is 2.20. The Kier molecular flexibility index (Phi) is 2.78. The number of rotatable bonds is 2. The van der Waals surface area contributed by atoms with Gasteiger partial charge in [0.25, 0.3) is 0 Å². The lowest BCUT2D eigenvalue weighted by Gasteiger charge is -1.93. The van der Waals surface area contributed by atoms with Crippen molar-refractivity contribution in [2.24, 2.45) is 0 Å². The topological polar surface area (TPSA) is 67.3 Å². The number of aromatic amines is 1. The molecule has 0 unspecified atom stereocenters. The van der Waals surface area contributed by atoms with Crippen LogP contribution in [0.25, 0.3) is 0 Å². The summed E-state index contributed by atoms with van der Waals surface area (Å²) in [5.74, 6) is 0.782. The fourth-order valence-corrected chi connectivity index (χ4v) is 1.66. The fraction of sp³-hybridized carbons (Fsp3) is 0.143. The van der Waals surface area contributed by atoms with Crippen molar-refractivity contribution in [3.8, 4) is 0 Å². The van der Waals surface area contributed by atoms with Gasteiger partial charge in [-0.25, -0.2) is 15.0 Å². The van der Waals surface area contributed by atoms with E-state index in [1.165, 1.54) is 11.8 Å². The monoisotopic (exact) mass is 271 g/mol. The molecule has 0 aromatic carbocycles. The molecule has 0 bridgehead atoms. The first-order valence-corrected chi connectivity index (χ1v) is 5.39. The number of hydrogen-bond acceptors (Lipinski definition) is 5. The predicted octanol–water partition coefficient (Wildman–Crippen LogP) is 1.82. The Balaban J connectivity index is 2.15. The summed E-state index contributed by atoms with van der Waals surface area (Å²) in [6.45, 7) is 1.85. The van der Waals surface area contributed by atoms with E-state index in [1.54, 1.807) is 12.4 Å². The largest absolute Gasteiger partial charge is 0.262 e. The third-order valence-electron chi connectivity index (χ3n) is 1.36. The van der Waals surface area contributed by atoms with Crippen molar-refractivity contribution >= 4 is 27.7 Å². The molecule has 0 fully saturated rings. The van der Waals surface area contributed by atoms with Gasteiger partial charge in [0.05, 0.1) is 4.47 Å². The summed E-state index contributed by atoms with van der Waals surface area (Å²) in [4.78, 5) is 12.3. The molecule has 0 saturated heterocycles. The molecule has 2 aromatic rings. The standard InChI is InChI=1S/C7H6BrN5S/c1-4-11-7(13-12-4)14-6-9-2-5(8)3-10-6/h2-3H,1H3,(H,11,12,13). The van der Waals surface area contributed by atoms with Crippen LogP contribution in [0.15, 0.2) is 27.2 Å². The summed E-state index contributed by atoms with van der Waals surface area (Å²) in [5.41, 5.74) is 0. The quantitative estimate of drug-likeness (QED) is 0.844. The first kappa shape index (κ1) is 9.60. The summed E-state index contributed by atoms with van der Waals surface area (Å²) < 4.78 is 0.855. The van der Waals surface area contributed by atoms with Crippen LogP contribution in [0, 0.1) is 6.92 Å². The highest BCUT2D eigenvalue weighted by Gasteiger charge is 2.04. The second-order valence-corrected chi connectivity index (χ2v) is 4.34. The Morgan fingerprint density at radius 2 is 2.00 bits per heavy atom. The molecule has 5 nitrogen and oxygen atoms in total. The fourth-order valence-electron chi connectivity index (χ4n) is 0.803. The van der Waals surface area contributed by atoms with Crippen LogP contribution in [0.5, 0.6) is 0 Å². The minimum absolute atomic E-state index is 0.629. The Bertz CT molecular complexity index is 426. The highest BCUT2D eigenvalue weighted by atomic mass is 79.9. The number of nitrogens with zero attached hydrogens (tertiary/aromatic N) is 4. The minimum atomic E-state index is 0.629. The number of halogens is 1. The van der Waals surface area contributed by atoms with E-state index < -0.39 is 0 Å². The van der Waals surface area contributed by atoms with E-state index in [-0.39, 0.29) is 0 Å². The van der Waals surface area contributed by atoms with Gasteiger partial charge in [0.15, 0.2) is 5.16 Å². The number of aryl methyl sites for hydroxylation is 1. The Morgan fingerprint density at radius 1 is 1.29 bits per heavy atom. The van der Waals surface area contributed by atoms with E-state index in [2.05, 4.69) is 41.1 Å². The van der Waals surface area contributed by atoms with Gasteiger partial charge in [0, 0.05) is 12.4 Å². The number of nitrogens with one attached hydrogen (secondary N) is 1. The van der Waals surface area contributed by atoms with Crippen LogP contribution in [0.3, 0.4) is 0 Å². The van der Waals surface area contributed by atoms with Crippen molar-refractivity contribution in [1.29, 1.82) is 0 Å². The van der Waals surface area contributed by atoms with E-state index in [9.17, 15) is 0 Å². The van der Waals surface area contributed by atoms with Gasteiger partial charge in [-0.3, -0.25) is 5.10 Å². The summed E-state index contributed by atoms with van der Waals surface area (Å²) in [6.07, 6.45) is 3.38. The molecule has 1 N–H and O–H groups in total. The van der Waals surface area contributed by atoms with Gasteiger partial charge >= 0.3 is 0 Å². The van der Waals surface area contributed by atoms with Crippen molar-refractivity contribution in [2.45, 2.75) is 17.2 Å². The normalized spacial score (nSPS) is 10.4. The average molecular weight is 272 g/mol. The number of hydrogen-bond donors (Lipinski definition) is 1. The first-order valence-electron chi connectivity index (χ1n) is 3.78. The molecule has 0 saturated carbocycles. The van der Waals surface area contributed by atoms with Crippen LogP contribution in [0.2, 0.25) is 0 Å². The van der Waals surface area contributed by atoms with Crippen LogP contribution in [-0.2, 0) is 0 Å². The lowest BCUT2D eigenvalue weighted by Crippen LogP contribution is -1.85. The third-order valence-corrected chi connectivity index (χ3v) is 2.52. The molecule has 0 aliphatic carbocycles. The van der Waals surface area contributed by atoms with Gasteiger partial charge < -0.3 is 0 Å². The molecule has 14 heavy (non-hydrogen) atoms. The third kappa shape index (κ3) is 2.30. The van der Waals surface area contributed by atoms with Crippen LogP contribution in [0.1, 0.15) is 5.82 Å². The maximum absolute atomic E-state index is 4.13. The molecular formula is C7H6BrN5S. The van der Waals surface area contributed by atoms with Gasteiger partial charge in [-0.2, -0.15) is 0 Å². The van der Waals surface area contributed by atoms with Gasteiger partial charge in [-0.05, 0) is 34.6 Å². The molecule has 2 heterocycles. The van der Waals surface area contributed by atoms with Gasteiger partial charge in [-0.15, -0.1) is 5.10 Å². The van der Waals surface area contributed by atoms with Gasteiger partial charge in [0.2, 0.25) is 5.16 Å². The summed E-state index contributed by atoms with van der Waals surface area (Å²) in [5, 5.41) is 7.98. The Hall–Kier alpha value is -0.950. The van der Waals surface area contributed by atoms with Crippen molar-refractivity contribution in [1.82, 2.24) is 25.1 Å². The average Bonchev–Trinajstić information content (AvgIpc) is 2.56. The van der Waals surface area contributed by atoms with Crippen molar-refractivity contribution in [3.05, 3.63) is 22.7 Å². The van der Waals surface area contributed by atoms with E-state index in [0.717, 1.165) is 10.3 Å². The van der Waals surface area contributed by atoms with Crippen molar-refractivity contribution < 1.29 is 0 Å².